The van der Waals surface area contributed by atoms with Gasteiger partial charge in [-0.15, -0.1) is 0 Å². The Labute approximate surface area is 173 Å². The molecule has 0 aliphatic rings. The van der Waals surface area contributed by atoms with Crippen LogP contribution in [0.2, 0.25) is 0 Å². The van der Waals surface area contributed by atoms with Crippen LogP contribution in [-0.4, -0.2) is 34.6 Å². The van der Waals surface area contributed by atoms with Crippen LogP contribution >= 0.6 is 0 Å². The Balaban J connectivity index is 1.51. The number of carbonyl (C=O) groups excluding carboxylic acids is 1. The number of hydrogen-bond donors (Lipinski definition) is 3. The number of para-hydroxylation sites is 3. The van der Waals surface area contributed by atoms with Gasteiger partial charge in [-0.3, -0.25) is 0 Å². The number of hydrogen-bond acceptors (Lipinski definition) is 4. The summed E-state index contributed by atoms with van der Waals surface area (Å²) in [5.41, 5.74) is 9.96. The van der Waals surface area contributed by atoms with Crippen molar-refractivity contribution in [3.05, 3.63) is 78.4 Å². The molecule has 0 bridgehead atoms. The first-order valence-electron chi connectivity index (χ1n) is 9.58. The third kappa shape index (κ3) is 4.11. The molecule has 0 spiro atoms. The molecule has 1 aromatic heterocycles. The quantitative estimate of drug-likeness (QED) is 0.327. The van der Waals surface area contributed by atoms with Crippen molar-refractivity contribution in [3.63, 3.8) is 0 Å². The average molecular weight is 402 g/mol. The van der Waals surface area contributed by atoms with Crippen LogP contribution in [0.1, 0.15) is 5.56 Å². The predicted octanol–water partition coefficient (Wildman–Crippen LogP) is 3.24. The van der Waals surface area contributed by atoms with Gasteiger partial charge in [-0.05, 0) is 24.3 Å². The number of nitrogens with two attached hydrogens (primary N) is 1. The molecule has 0 fully saturated rings. The van der Waals surface area contributed by atoms with E-state index >= 15 is 0 Å². The van der Waals surface area contributed by atoms with E-state index < -0.39 is 12.1 Å². The largest absolute Gasteiger partial charge is 0.490 e. The lowest BCUT2D eigenvalue weighted by Gasteiger charge is -2.16. The van der Waals surface area contributed by atoms with Gasteiger partial charge in [0.15, 0.2) is 0 Å². The Hall–Kier alpha value is -3.84. The zero-order chi connectivity index (χ0) is 20.9. The highest BCUT2D eigenvalue weighted by molar-refractivity contribution is 6.07. The molecule has 3 aromatic carbocycles. The van der Waals surface area contributed by atoms with Crippen LogP contribution in [0.3, 0.4) is 0 Å². The standard InChI is InChI=1S/C23H22N4O3/c24-23(29)26-25-13-16-7-1-6-12-22(16)30-15-17(28)14-27-20-10-4-2-8-18(20)19-9-3-5-11-21(19)27/h1-13,17,28H,14-15H2,(H3,24,26,29)/b25-13-. The van der Waals surface area contributed by atoms with Crippen molar-refractivity contribution in [2.75, 3.05) is 6.61 Å². The van der Waals surface area contributed by atoms with Crippen molar-refractivity contribution in [1.82, 2.24) is 9.99 Å². The van der Waals surface area contributed by atoms with Crippen molar-refractivity contribution in [3.8, 4) is 5.75 Å². The molecule has 7 heteroatoms. The number of primary amides is 1. The Morgan fingerprint density at radius 1 is 1.03 bits per heavy atom. The van der Waals surface area contributed by atoms with Gasteiger partial charge >= 0.3 is 6.03 Å². The lowest BCUT2D eigenvalue weighted by atomic mass is 10.2. The summed E-state index contributed by atoms with van der Waals surface area (Å²) in [6, 6.07) is 22.8. The SMILES string of the molecule is NC(=O)N/N=C\c1ccccc1OCC(O)Cn1c2ccccc2c2ccccc21. The molecule has 30 heavy (non-hydrogen) atoms. The third-order valence-electron chi connectivity index (χ3n) is 4.80. The highest BCUT2D eigenvalue weighted by Gasteiger charge is 2.14. The number of aliphatic hydroxyl groups excluding tert-OH is 1. The van der Waals surface area contributed by atoms with Gasteiger partial charge in [0.05, 0.1) is 12.8 Å². The number of nitrogens with one attached hydrogen (secondary N) is 1. The zero-order valence-electron chi connectivity index (χ0n) is 16.2. The zero-order valence-corrected chi connectivity index (χ0v) is 16.2. The van der Waals surface area contributed by atoms with Gasteiger partial charge in [0.25, 0.3) is 0 Å². The molecule has 2 amide bonds. The second-order valence-corrected chi connectivity index (χ2v) is 6.88. The first-order valence-corrected chi connectivity index (χ1v) is 9.58. The predicted molar refractivity (Wildman–Crippen MR) is 118 cm³/mol. The van der Waals surface area contributed by atoms with E-state index in [1.54, 1.807) is 12.1 Å². The number of nitrogens with zero attached hydrogens (tertiary/aromatic N) is 2. The van der Waals surface area contributed by atoms with Crippen LogP contribution in [0, 0.1) is 0 Å². The van der Waals surface area contributed by atoms with E-state index in [1.807, 2.05) is 36.4 Å². The second-order valence-electron chi connectivity index (χ2n) is 6.88. The maximum atomic E-state index is 10.8. The number of amides is 2. The number of fused-ring (bicyclic) bond motifs is 3. The fraction of sp³-hybridized carbons (Fsp3) is 0.130. The smallest absolute Gasteiger partial charge is 0.332 e. The minimum absolute atomic E-state index is 0.106. The lowest BCUT2D eigenvalue weighted by molar-refractivity contribution is 0.0944. The summed E-state index contributed by atoms with van der Waals surface area (Å²) in [7, 11) is 0. The van der Waals surface area contributed by atoms with Crippen molar-refractivity contribution in [2.45, 2.75) is 12.6 Å². The van der Waals surface area contributed by atoms with Crippen LogP contribution in [-0.2, 0) is 6.54 Å². The molecule has 0 aliphatic carbocycles. The number of carbonyl (C=O) groups is 1. The molecule has 4 aromatic rings. The summed E-state index contributed by atoms with van der Waals surface area (Å²) in [5.74, 6) is 0.550. The van der Waals surface area contributed by atoms with Gasteiger partial charge in [0, 0.05) is 27.4 Å². The highest BCUT2D eigenvalue weighted by atomic mass is 16.5. The van der Waals surface area contributed by atoms with E-state index in [0.29, 0.717) is 17.9 Å². The summed E-state index contributed by atoms with van der Waals surface area (Å²) >= 11 is 0. The normalized spacial score (nSPS) is 12.4. The number of aliphatic hydroxyl groups is 1. The second kappa shape index (κ2) is 8.67. The van der Waals surface area contributed by atoms with Crippen LogP contribution < -0.4 is 15.9 Å². The van der Waals surface area contributed by atoms with Crippen LogP contribution in [0.25, 0.3) is 21.8 Å². The van der Waals surface area contributed by atoms with E-state index in [-0.39, 0.29) is 6.61 Å². The van der Waals surface area contributed by atoms with Crippen molar-refractivity contribution < 1.29 is 14.6 Å². The molecule has 152 valence electrons. The Kier molecular flexibility index (Phi) is 5.63. The Morgan fingerprint density at radius 2 is 1.63 bits per heavy atom. The van der Waals surface area contributed by atoms with Gasteiger partial charge in [0.2, 0.25) is 0 Å². The number of hydrazone groups is 1. The number of aromatic nitrogens is 1. The Morgan fingerprint density at radius 3 is 2.30 bits per heavy atom. The average Bonchev–Trinajstić information content (AvgIpc) is 3.07. The van der Waals surface area contributed by atoms with Crippen molar-refractivity contribution in [1.29, 1.82) is 0 Å². The maximum Gasteiger partial charge on any atom is 0.332 e. The van der Waals surface area contributed by atoms with Crippen LogP contribution in [0.4, 0.5) is 4.79 Å². The van der Waals surface area contributed by atoms with Crippen LogP contribution in [0.5, 0.6) is 5.75 Å². The van der Waals surface area contributed by atoms with E-state index in [1.165, 1.54) is 6.21 Å². The number of ether oxygens (including phenoxy) is 1. The monoisotopic (exact) mass is 402 g/mol. The summed E-state index contributed by atoms with van der Waals surface area (Å²) < 4.78 is 7.94. The van der Waals surface area contributed by atoms with E-state index in [9.17, 15) is 9.90 Å². The maximum absolute atomic E-state index is 10.8. The number of benzene rings is 3. The molecular formula is C23H22N4O3. The van der Waals surface area contributed by atoms with Gasteiger partial charge < -0.3 is 20.1 Å². The molecule has 1 heterocycles. The molecule has 4 rings (SSSR count). The summed E-state index contributed by atoms with van der Waals surface area (Å²) in [4.78, 5) is 10.8. The first kappa shape index (κ1) is 19.5. The molecule has 0 saturated carbocycles. The Bertz CT molecular complexity index is 1160. The van der Waals surface area contributed by atoms with Gasteiger partial charge in [-0.25, -0.2) is 10.2 Å². The summed E-state index contributed by atoms with van der Waals surface area (Å²) in [6.07, 6.45) is 0.720. The van der Waals surface area contributed by atoms with Crippen molar-refractivity contribution in [2.24, 2.45) is 10.8 Å². The van der Waals surface area contributed by atoms with Crippen molar-refractivity contribution >= 4 is 34.1 Å². The molecule has 1 atom stereocenters. The van der Waals surface area contributed by atoms with E-state index in [2.05, 4.69) is 39.4 Å². The molecule has 0 radical (unpaired) electrons. The van der Waals surface area contributed by atoms with E-state index in [4.69, 9.17) is 10.5 Å². The molecule has 0 aliphatic heterocycles. The fourth-order valence-electron chi connectivity index (χ4n) is 3.53. The highest BCUT2D eigenvalue weighted by Crippen LogP contribution is 2.29. The first-order chi connectivity index (χ1) is 14.6. The summed E-state index contributed by atoms with van der Waals surface area (Å²) in [6.45, 7) is 0.502. The minimum Gasteiger partial charge on any atom is -0.490 e. The van der Waals surface area contributed by atoms with Gasteiger partial charge in [-0.1, -0.05) is 48.5 Å². The molecule has 4 N–H and O–H groups in total. The third-order valence-corrected chi connectivity index (χ3v) is 4.80. The number of rotatable bonds is 7. The van der Waals surface area contributed by atoms with Gasteiger partial charge in [-0.2, -0.15) is 5.10 Å². The lowest BCUT2D eigenvalue weighted by Crippen LogP contribution is -2.24. The number of urea groups is 1. The fourth-order valence-corrected chi connectivity index (χ4v) is 3.53. The topological polar surface area (TPSA) is 102 Å². The molecule has 1 unspecified atom stereocenters. The molecule has 0 saturated heterocycles. The van der Waals surface area contributed by atoms with E-state index in [0.717, 1.165) is 21.8 Å². The molecule has 7 nitrogen and oxygen atoms in total. The van der Waals surface area contributed by atoms with Crippen LogP contribution in [0.15, 0.2) is 77.9 Å². The molecular weight excluding hydrogens is 380 g/mol. The summed E-state index contributed by atoms with van der Waals surface area (Å²) in [5, 5.41) is 16.8. The van der Waals surface area contributed by atoms with Gasteiger partial charge in [0.1, 0.15) is 18.5 Å². The minimum atomic E-state index is -0.744.